The highest BCUT2D eigenvalue weighted by molar-refractivity contribution is 5.93. The molecule has 1 heterocycles. The van der Waals surface area contributed by atoms with Crippen LogP contribution < -0.4 is 15.6 Å². The number of ether oxygens (including phenoxy) is 1. The van der Waals surface area contributed by atoms with Gasteiger partial charge in [-0.05, 0) is 17.7 Å². The summed E-state index contributed by atoms with van der Waals surface area (Å²) in [4.78, 5) is 23.9. The van der Waals surface area contributed by atoms with Gasteiger partial charge in [-0.15, -0.1) is 0 Å². The van der Waals surface area contributed by atoms with Crippen LogP contribution in [-0.2, 0) is 20.2 Å². The molecule has 1 aromatic heterocycles. The van der Waals surface area contributed by atoms with E-state index in [-0.39, 0.29) is 11.5 Å². The first-order chi connectivity index (χ1) is 12.6. The number of amides is 1. The van der Waals surface area contributed by atoms with Crippen molar-refractivity contribution in [2.45, 2.75) is 13.2 Å². The average Bonchev–Trinajstić information content (AvgIpc) is 2.68. The fraction of sp³-hybridized carbons (Fsp3) is 0.143. The van der Waals surface area contributed by atoms with Crippen LogP contribution in [0.1, 0.15) is 21.5 Å². The van der Waals surface area contributed by atoms with Gasteiger partial charge in [0.2, 0.25) is 0 Å². The van der Waals surface area contributed by atoms with Gasteiger partial charge < -0.3 is 14.6 Å². The summed E-state index contributed by atoms with van der Waals surface area (Å²) in [6.07, 6.45) is 1.58. The molecule has 2 aromatic carbocycles. The van der Waals surface area contributed by atoms with Gasteiger partial charge in [-0.2, -0.15) is 0 Å². The molecule has 0 saturated carbocycles. The molecule has 5 heteroatoms. The fourth-order valence-electron chi connectivity index (χ4n) is 2.49. The predicted molar refractivity (Wildman–Crippen MR) is 100 cm³/mol. The van der Waals surface area contributed by atoms with Crippen LogP contribution in [0.25, 0.3) is 0 Å². The largest absolute Gasteiger partial charge is 0.489 e. The van der Waals surface area contributed by atoms with Crippen LogP contribution in [0.15, 0.2) is 77.7 Å². The summed E-state index contributed by atoms with van der Waals surface area (Å²) >= 11 is 0. The van der Waals surface area contributed by atoms with Gasteiger partial charge in [0.15, 0.2) is 0 Å². The Morgan fingerprint density at radius 2 is 1.77 bits per heavy atom. The summed E-state index contributed by atoms with van der Waals surface area (Å²) in [6.45, 7) is 0.777. The highest BCUT2D eigenvalue weighted by Gasteiger charge is 2.09. The zero-order valence-corrected chi connectivity index (χ0v) is 14.5. The molecule has 0 radical (unpaired) electrons. The number of hydrogen-bond acceptors (Lipinski definition) is 3. The van der Waals surface area contributed by atoms with E-state index < -0.39 is 0 Å². The van der Waals surface area contributed by atoms with Crippen molar-refractivity contribution in [2.24, 2.45) is 7.05 Å². The summed E-state index contributed by atoms with van der Waals surface area (Å²) in [5.74, 6) is 0.432. The normalized spacial score (nSPS) is 10.3. The molecule has 0 aliphatic heterocycles. The lowest BCUT2D eigenvalue weighted by atomic mass is 10.2. The molecule has 0 spiro atoms. The third-order valence-corrected chi connectivity index (χ3v) is 4.02. The number of benzene rings is 2. The van der Waals surface area contributed by atoms with Crippen LogP contribution in [0.4, 0.5) is 0 Å². The molecule has 0 saturated heterocycles. The number of hydrogen-bond donors (Lipinski definition) is 1. The molecule has 0 fully saturated rings. The summed E-state index contributed by atoms with van der Waals surface area (Å²) in [5, 5.41) is 2.83. The van der Waals surface area contributed by atoms with Gasteiger partial charge in [-0.3, -0.25) is 9.59 Å². The van der Waals surface area contributed by atoms with E-state index in [4.69, 9.17) is 4.74 Å². The minimum Gasteiger partial charge on any atom is -0.489 e. The zero-order valence-electron chi connectivity index (χ0n) is 14.5. The number of aromatic nitrogens is 1. The number of para-hydroxylation sites is 1. The highest BCUT2D eigenvalue weighted by Crippen LogP contribution is 2.19. The third-order valence-electron chi connectivity index (χ3n) is 4.02. The molecule has 1 amide bonds. The Kier molecular flexibility index (Phi) is 5.49. The fourth-order valence-corrected chi connectivity index (χ4v) is 2.49. The summed E-state index contributed by atoms with van der Waals surface area (Å²) in [6, 6.07) is 20.4. The minimum atomic E-state index is -0.291. The lowest BCUT2D eigenvalue weighted by molar-refractivity contribution is 0.0950. The molecular formula is C21H20N2O3. The summed E-state index contributed by atoms with van der Waals surface area (Å²) < 4.78 is 7.31. The molecule has 1 N–H and O–H groups in total. The first-order valence-corrected chi connectivity index (χ1v) is 8.33. The smallest absolute Gasteiger partial charge is 0.251 e. The van der Waals surface area contributed by atoms with E-state index >= 15 is 0 Å². The topological polar surface area (TPSA) is 60.3 Å². The zero-order chi connectivity index (χ0) is 18.4. The van der Waals surface area contributed by atoms with Gasteiger partial charge in [0.25, 0.3) is 11.5 Å². The van der Waals surface area contributed by atoms with Crippen LogP contribution in [-0.4, -0.2) is 10.5 Å². The van der Waals surface area contributed by atoms with Crippen molar-refractivity contribution < 1.29 is 9.53 Å². The molecule has 0 unspecified atom stereocenters. The van der Waals surface area contributed by atoms with Crippen molar-refractivity contribution in [1.29, 1.82) is 0 Å². The van der Waals surface area contributed by atoms with Crippen LogP contribution >= 0.6 is 0 Å². The quantitative estimate of drug-likeness (QED) is 0.745. The molecule has 26 heavy (non-hydrogen) atoms. The standard InChI is InChI=1S/C21H20N2O3/c1-23-12-11-17(13-20(23)24)21(25)22-14-18-9-5-6-10-19(18)26-15-16-7-3-2-4-8-16/h2-13H,14-15H2,1H3,(H,22,25). The number of aryl methyl sites for hydroxylation is 1. The van der Waals surface area contributed by atoms with Gasteiger partial charge in [0, 0.05) is 37.0 Å². The molecular weight excluding hydrogens is 328 g/mol. The number of carbonyl (C=O) groups excluding carboxylic acids is 1. The maximum Gasteiger partial charge on any atom is 0.251 e. The maximum atomic E-state index is 12.3. The molecule has 0 bridgehead atoms. The summed E-state index contributed by atoms with van der Waals surface area (Å²) in [5.41, 5.74) is 2.08. The van der Waals surface area contributed by atoms with Crippen LogP contribution in [0.3, 0.4) is 0 Å². The van der Waals surface area contributed by atoms with E-state index in [1.54, 1.807) is 19.3 Å². The van der Waals surface area contributed by atoms with E-state index in [2.05, 4.69) is 5.32 Å². The van der Waals surface area contributed by atoms with Crippen molar-refractivity contribution in [3.8, 4) is 5.75 Å². The third kappa shape index (κ3) is 4.39. The number of nitrogens with zero attached hydrogens (tertiary/aromatic N) is 1. The molecule has 3 rings (SSSR count). The lowest BCUT2D eigenvalue weighted by Crippen LogP contribution is -2.26. The van der Waals surface area contributed by atoms with Crippen molar-refractivity contribution >= 4 is 5.91 Å². The Labute approximate surface area is 151 Å². The first-order valence-electron chi connectivity index (χ1n) is 8.33. The van der Waals surface area contributed by atoms with E-state index in [0.717, 1.165) is 16.9 Å². The van der Waals surface area contributed by atoms with Crippen molar-refractivity contribution in [2.75, 3.05) is 0 Å². The maximum absolute atomic E-state index is 12.3. The highest BCUT2D eigenvalue weighted by atomic mass is 16.5. The van der Waals surface area contributed by atoms with E-state index in [0.29, 0.717) is 18.7 Å². The van der Waals surface area contributed by atoms with E-state index in [1.165, 1.54) is 10.6 Å². The second-order valence-electron chi connectivity index (χ2n) is 5.93. The first kappa shape index (κ1) is 17.5. The van der Waals surface area contributed by atoms with Gasteiger partial charge in [0.05, 0.1) is 0 Å². The monoisotopic (exact) mass is 348 g/mol. The second kappa shape index (κ2) is 8.16. The molecule has 3 aromatic rings. The summed E-state index contributed by atoms with van der Waals surface area (Å²) in [7, 11) is 1.64. The number of pyridine rings is 1. The molecule has 0 atom stereocenters. The average molecular weight is 348 g/mol. The van der Waals surface area contributed by atoms with Gasteiger partial charge >= 0.3 is 0 Å². The van der Waals surface area contributed by atoms with Crippen molar-refractivity contribution in [3.63, 3.8) is 0 Å². The molecule has 132 valence electrons. The lowest BCUT2D eigenvalue weighted by Gasteiger charge is -2.12. The number of rotatable bonds is 6. The van der Waals surface area contributed by atoms with Gasteiger partial charge in [0.1, 0.15) is 12.4 Å². The molecule has 0 aliphatic rings. The van der Waals surface area contributed by atoms with Crippen LogP contribution in [0.5, 0.6) is 5.75 Å². The number of nitrogens with one attached hydrogen (secondary N) is 1. The Hall–Kier alpha value is -3.34. The second-order valence-corrected chi connectivity index (χ2v) is 5.93. The van der Waals surface area contributed by atoms with E-state index in [1.807, 2.05) is 54.6 Å². The Balaban J connectivity index is 1.65. The molecule has 5 nitrogen and oxygen atoms in total. The van der Waals surface area contributed by atoms with Crippen molar-refractivity contribution in [3.05, 3.63) is 100.0 Å². The Morgan fingerprint density at radius 1 is 1.04 bits per heavy atom. The van der Waals surface area contributed by atoms with E-state index in [9.17, 15) is 9.59 Å². The predicted octanol–water partition coefficient (Wildman–Crippen LogP) is 2.89. The SMILES string of the molecule is Cn1ccc(C(=O)NCc2ccccc2OCc2ccccc2)cc1=O. The van der Waals surface area contributed by atoms with Gasteiger partial charge in [-0.25, -0.2) is 0 Å². The van der Waals surface area contributed by atoms with Crippen molar-refractivity contribution in [1.82, 2.24) is 9.88 Å². The molecule has 0 aliphatic carbocycles. The van der Waals surface area contributed by atoms with Crippen LogP contribution in [0, 0.1) is 0 Å². The Morgan fingerprint density at radius 3 is 2.54 bits per heavy atom. The number of carbonyl (C=O) groups is 1. The minimum absolute atomic E-state index is 0.218. The van der Waals surface area contributed by atoms with Gasteiger partial charge in [-0.1, -0.05) is 48.5 Å². The van der Waals surface area contributed by atoms with Crippen LogP contribution in [0.2, 0.25) is 0 Å². The Bertz CT molecular complexity index is 949.